The molecule has 0 spiro atoms. The Balaban J connectivity index is 1.56. The number of nitriles is 1. The molecule has 1 saturated heterocycles. The van der Waals surface area contributed by atoms with E-state index in [9.17, 15) is 28.0 Å². The number of piperazine rings is 1. The minimum absolute atomic E-state index is 0.0312. The van der Waals surface area contributed by atoms with Gasteiger partial charge in [-0.25, -0.2) is 14.2 Å². The lowest BCUT2D eigenvalue weighted by Crippen LogP contribution is -2.49. The Hall–Kier alpha value is -4.12. The van der Waals surface area contributed by atoms with Crippen molar-refractivity contribution in [3.63, 3.8) is 0 Å². The van der Waals surface area contributed by atoms with Gasteiger partial charge in [0.2, 0.25) is 5.91 Å². The van der Waals surface area contributed by atoms with Crippen LogP contribution < -0.4 is 15.1 Å². The van der Waals surface area contributed by atoms with Crippen LogP contribution in [0.2, 0.25) is 0 Å². The van der Waals surface area contributed by atoms with Gasteiger partial charge in [0.15, 0.2) is 0 Å². The number of nitrogens with one attached hydrogen (secondary N) is 1. The monoisotopic (exact) mass is 577 g/mol. The van der Waals surface area contributed by atoms with Gasteiger partial charge < -0.3 is 25.1 Å². The second-order valence-corrected chi connectivity index (χ2v) is 10.1. The first-order chi connectivity index (χ1) is 19.4. The van der Waals surface area contributed by atoms with Crippen molar-refractivity contribution in [1.82, 2.24) is 14.8 Å². The number of alkyl halides is 3. The Morgan fingerprint density at radius 3 is 2.54 bits per heavy atom. The number of carboxylic acid groups (broad SMARTS) is 1. The molecule has 220 valence electrons. The number of aryl methyl sites for hydroxylation is 1. The normalized spacial score (nSPS) is 18.4. The van der Waals surface area contributed by atoms with Crippen LogP contribution in [0, 0.1) is 24.1 Å². The van der Waals surface area contributed by atoms with E-state index in [1.165, 1.54) is 35.9 Å². The zero-order valence-corrected chi connectivity index (χ0v) is 22.7. The number of nitrogens with zero attached hydrogens (tertiary/aromatic N) is 6. The van der Waals surface area contributed by atoms with E-state index in [0.717, 1.165) is 6.07 Å². The number of pyridine rings is 1. The number of likely N-dealkylation sites (N-methyl/N-ethyl adjacent to an activating group) is 1. The van der Waals surface area contributed by atoms with Gasteiger partial charge in [-0.1, -0.05) is 6.07 Å². The molecule has 10 nitrogen and oxygen atoms in total. The predicted octanol–water partition coefficient (Wildman–Crippen LogP) is 3.76. The number of anilines is 3. The van der Waals surface area contributed by atoms with Gasteiger partial charge >= 0.3 is 12.3 Å². The average molecular weight is 578 g/mol. The number of rotatable bonds is 6. The third kappa shape index (κ3) is 6.62. The van der Waals surface area contributed by atoms with Crippen LogP contribution in [0.3, 0.4) is 0 Å². The van der Waals surface area contributed by atoms with E-state index >= 15 is 4.39 Å². The Morgan fingerprint density at radius 2 is 1.90 bits per heavy atom. The molecule has 1 aromatic heterocycles. The number of para-hydroxylation sites is 1. The highest BCUT2D eigenvalue weighted by Crippen LogP contribution is 2.37. The minimum Gasteiger partial charge on any atom is -0.465 e. The van der Waals surface area contributed by atoms with Gasteiger partial charge in [-0.05, 0) is 44.5 Å². The molecular formula is C27H31F4N7O3. The van der Waals surface area contributed by atoms with Gasteiger partial charge in [-0.15, -0.1) is 0 Å². The van der Waals surface area contributed by atoms with E-state index in [0.29, 0.717) is 51.4 Å². The summed E-state index contributed by atoms with van der Waals surface area (Å²) in [4.78, 5) is 35.3. The van der Waals surface area contributed by atoms with Crippen molar-refractivity contribution in [1.29, 1.82) is 5.26 Å². The maximum atomic E-state index is 15.2. The highest BCUT2D eigenvalue weighted by atomic mass is 19.4. The third-order valence-electron chi connectivity index (χ3n) is 7.38. The molecule has 2 amide bonds. The molecule has 1 atom stereocenters. The molecule has 2 N–H and O–H groups in total. The summed E-state index contributed by atoms with van der Waals surface area (Å²) in [5.74, 6) is -1.35. The van der Waals surface area contributed by atoms with E-state index in [-0.39, 0.29) is 30.2 Å². The number of halogens is 4. The van der Waals surface area contributed by atoms with Gasteiger partial charge in [-0.2, -0.15) is 18.4 Å². The lowest BCUT2D eigenvalue weighted by molar-refractivity contribution is -0.137. The van der Waals surface area contributed by atoms with Crippen LogP contribution in [0.25, 0.3) is 0 Å². The van der Waals surface area contributed by atoms with Crippen molar-refractivity contribution in [2.45, 2.75) is 32.0 Å². The van der Waals surface area contributed by atoms with E-state index in [1.54, 1.807) is 12.1 Å². The zero-order valence-electron chi connectivity index (χ0n) is 22.7. The van der Waals surface area contributed by atoms with Crippen LogP contribution in [0.15, 0.2) is 24.3 Å². The molecule has 0 unspecified atom stereocenters. The van der Waals surface area contributed by atoms with E-state index in [2.05, 4.69) is 15.2 Å². The minimum atomic E-state index is -4.79. The number of fused-ring (bicyclic) bond motifs is 1. The van der Waals surface area contributed by atoms with Gasteiger partial charge in [0.05, 0.1) is 16.9 Å². The fourth-order valence-electron chi connectivity index (χ4n) is 5.25. The Kier molecular flexibility index (Phi) is 8.86. The van der Waals surface area contributed by atoms with Crippen LogP contribution in [-0.2, 0) is 11.0 Å². The van der Waals surface area contributed by atoms with E-state index in [1.807, 2.05) is 4.90 Å². The number of benzene rings is 1. The molecule has 0 saturated carbocycles. The summed E-state index contributed by atoms with van der Waals surface area (Å²) in [6.07, 6.45) is -5.00. The highest BCUT2D eigenvalue weighted by molar-refractivity contribution is 6.01. The summed E-state index contributed by atoms with van der Waals surface area (Å²) in [7, 11) is 1.47. The van der Waals surface area contributed by atoms with Crippen molar-refractivity contribution in [2.75, 3.05) is 68.0 Å². The van der Waals surface area contributed by atoms with Gasteiger partial charge in [0, 0.05) is 52.0 Å². The fraction of sp³-hybridized carbons (Fsp3) is 0.481. The molecular weight excluding hydrogens is 546 g/mol. The predicted molar refractivity (Wildman–Crippen MR) is 143 cm³/mol. The molecule has 3 heterocycles. The number of carbonyl (C=O) groups is 2. The summed E-state index contributed by atoms with van der Waals surface area (Å²) < 4.78 is 56.1. The summed E-state index contributed by atoms with van der Waals surface area (Å²) in [6.45, 7) is 4.65. The number of carbonyl (C=O) groups excluding carboxylic acids is 1. The number of amides is 2. The Bertz CT molecular complexity index is 1340. The van der Waals surface area contributed by atoms with Crippen molar-refractivity contribution in [3.05, 3.63) is 46.9 Å². The van der Waals surface area contributed by atoms with E-state index < -0.39 is 41.2 Å². The number of aromatic nitrogens is 1. The molecule has 2 aliphatic heterocycles. The maximum absolute atomic E-state index is 15.2. The molecule has 1 fully saturated rings. The van der Waals surface area contributed by atoms with Crippen LogP contribution >= 0.6 is 0 Å². The van der Waals surface area contributed by atoms with Crippen molar-refractivity contribution in [3.8, 4) is 6.07 Å². The lowest BCUT2D eigenvalue weighted by atomic mass is 10.0. The summed E-state index contributed by atoms with van der Waals surface area (Å²) >= 11 is 0. The fourth-order valence-corrected chi connectivity index (χ4v) is 5.25. The van der Waals surface area contributed by atoms with Crippen LogP contribution in [-0.4, -0.2) is 90.8 Å². The summed E-state index contributed by atoms with van der Waals surface area (Å²) in [5, 5.41) is 21.5. The smallest absolute Gasteiger partial charge is 0.417 e. The topological polar surface area (TPSA) is 116 Å². The Labute approximate surface area is 234 Å². The van der Waals surface area contributed by atoms with Crippen LogP contribution in [0.5, 0.6) is 0 Å². The molecule has 0 bridgehead atoms. The Morgan fingerprint density at radius 1 is 1.20 bits per heavy atom. The molecule has 14 heteroatoms. The standard InChI is InChI=1S/C27H31F4N7O3/c1-17-15-19(27(29,30)31)18(16-32)24(33-17)34-21-7-10-37(9-4-8-36-11-13-38(14-12-36)26(40)41)23-20(28)5-3-6-22(23)35(2)25(21)39/h3,5-6,15,21H,4,7-14H2,1-2H3,(H,33,34)(H,40,41)/t21-/m0/s1. The SMILES string of the molecule is Cc1cc(C(F)(F)F)c(C#N)c(N[C@H]2CCN(CCCN3CCN(C(=O)O)CC3)c3c(F)cccc3N(C)C2=O)n1. The molecule has 41 heavy (non-hydrogen) atoms. The van der Waals surface area contributed by atoms with Crippen molar-refractivity contribution < 1.29 is 32.3 Å². The quantitative estimate of drug-likeness (QED) is 0.499. The summed E-state index contributed by atoms with van der Waals surface area (Å²) in [5.41, 5.74) is -1.25. The molecule has 2 aromatic rings. The van der Waals surface area contributed by atoms with Gasteiger partial charge in [0.25, 0.3) is 0 Å². The largest absolute Gasteiger partial charge is 0.465 e. The summed E-state index contributed by atoms with van der Waals surface area (Å²) in [6, 6.07) is 5.71. The lowest BCUT2D eigenvalue weighted by Gasteiger charge is -2.37. The van der Waals surface area contributed by atoms with Gasteiger partial charge in [-0.3, -0.25) is 9.69 Å². The number of hydrogen-bond donors (Lipinski definition) is 2. The van der Waals surface area contributed by atoms with Crippen LogP contribution in [0.1, 0.15) is 29.7 Å². The van der Waals surface area contributed by atoms with Gasteiger partial charge in [0.1, 0.15) is 29.3 Å². The molecule has 1 aromatic carbocycles. The first-order valence-corrected chi connectivity index (χ1v) is 13.2. The zero-order chi connectivity index (χ0) is 29.9. The first-order valence-electron chi connectivity index (χ1n) is 13.2. The van der Waals surface area contributed by atoms with E-state index in [4.69, 9.17) is 5.11 Å². The molecule has 4 rings (SSSR count). The highest BCUT2D eigenvalue weighted by Gasteiger charge is 2.37. The van der Waals surface area contributed by atoms with Crippen molar-refractivity contribution >= 4 is 29.2 Å². The third-order valence-corrected chi connectivity index (χ3v) is 7.38. The van der Waals surface area contributed by atoms with Crippen LogP contribution in [0.4, 0.5) is 39.5 Å². The first kappa shape index (κ1) is 29.9. The second-order valence-electron chi connectivity index (χ2n) is 10.1. The maximum Gasteiger partial charge on any atom is 0.417 e. The molecule has 2 aliphatic rings. The van der Waals surface area contributed by atoms with Crippen molar-refractivity contribution in [2.24, 2.45) is 0 Å². The average Bonchev–Trinajstić information content (AvgIpc) is 2.92. The second kappa shape index (κ2) is 12.2. The molecule has 0 radical (unpaired) electrons. The number of hydrogen-bond acceptors (Lipinski definition) is 7. The molecule has 0 aliphatic carbocycles.